The van der Waals surface area contributed by atoms with E-state index in [0.717, 1.165) is 29.1 Å². The van der Waals surface area contributed by atoms with Crippen molar-refractivity contribution in [1.82, 2.24) is 4.98 Å². The fourth-order valence-corrected chi connectivity index (χ4v) is 2.32. The van der Waals surface area contributed by atoms with Crippen LogP contribution in [0.1, 0.15) is 17.7 Å². The Kier molecular flexibility index (Phi) is 3.56. The standard InChI is InChI=1S/C15H13ClN2O2/c16-11-5-6-17-12(8-11)9-20-13-2-3-14-10(7-13)1-4-15(19)18-14/h2-3,5-8H,1,4,9H2,(H,18,19). The summed E-state index contributed by atoms with van der Waals surface area (Å²) in [6.07, 6.45) is 2.92. The maximum absolute atomic E-state index is 11.3. The maximum atomic E-state index is 11.3. The molecule has 20 heavy (non-hydrogen) atoms. The van der Waals surface area contributed by atoms with Crippen LogP contribution in [0.25, 0.3) is 0 Å². The molecule has 2 aromatic rings. The Morgan fingerprint density at radius 1 is 1.25 bits per heavy atom. The molecule has 1 aromatic heterocycles. The average Bonchev–Trinajstić information content (AvgIpc) is 2.45. The number of halogens is 1. The first-order chi connectivity index (χ1) is 9.70. The molecule has 1 amide bonds. The minimum Gasteiger partial charge on any atom is -0.487 e. The number of hydrogen-bond donors (Lipinski definition) is 1. The molecule has 0 fully saturated rings. The van der Waals surface area contributed by atoms with E-state index in [2.05, 4.69) is 10.3 Å². The van der Waals surface area contributed by atoms with E-state index >= 15 is 0 Å². The van der Waals surface area contributed by atoms with Crippen molar-refractivity contribution >= 4 is 23.2 Å². The fraction of sp³-hybridized carbons (Fsp3) is 0.200. The fourth-order valence-electron chi connectivity index (χ4n) is 2.13. The molecule has 3 rings (SSSR count). The van der Waals surface area contributed by atoms with E-state index in [-0.39, 0.29) is 5.91 Å². The molecule has 0 saturated heterocycles. The van der Waals surface area contributed by atoms with Gasteiger partial charge in [0.05, 0.1) is 5.69 Å². The minimum absolute atomic E-state index is 0.0642. The molecule has 0 unspecified atom stereocenters. The predicted molar refractivity (Wildman–Crippen MR) is 77.0 cm³/mol. The maximum Gasteiger partial charge on any atom is 0.224 e. The van der Waals surface area contributed by atoms with Crippen molar-refractivity contribution in [3.63, 3.8) is 0 Å². The van der Waals surface area contributed by atoms with Gasteiger partial charge < -0.3 is 10.1 Å². The van der Waals surface area contributed by atoms with Gasteiger partial charge in [0.15, 0.2) is 0 Å². The third-order valence-electron chi connectivity index (χ3n) is 3.14. The van der Waals surface area contributed by atoms with Crippen LogP contribution in [0, 0.1) is 0 Å². The third-order valence-corrected chi connectivity index (χ3v) is 3.37. The molecule has 1 aliphatic rings. The lowest BCUT2D eigenvalue weighted by Crippen LogP contribution is -2.18. The summed E-state index contributed by atoms with van der Waals surface area (Å²) >= 11 is 5.90. The van der Waals surface area contributed by atoms with Gasteiger partial charge in [-0.2, -0.15) is 0 Å². The van der Waals surface area contributed by atoms with E-state index in [0.29, 0.717) is 18.1 Å². The van der Waals surface area contributed by atoms with Gasteiger partial charge in [-0.3, -0.25) is 9.78 Å². The molecular formula is C15H13ClN2O2. The molecule has 5 heteroatoms. The Bertz CT molecular complexity index is 658. The van der Waals surface area contributed by atoms with E-state index in [9.17, 15) is 4.79 Å². The SMILES string of the molecule is O=C1CCc2cc(OCc3cc(Cl)ccn3)ccc2N1. The highest BCUT2D eigenvalue weighted by atomic mass is 35.5. The van der Waals surface area contributed by atoms with Crippen molar-refractivity contribution in [2.45, 2.75) is 19.4 Å². The van der Waals surface area contributed by atoms with Crippen LogP contribution in [0.4, 0.5) is 5.69 Å². The number of carbonyl (C=O) groups excluding carboxylic acids is 1. The molecule has 4 nitrogen and oxygen atoms in total. The molecule has 0 saturated carbocycles. The van der Waals surface area contributed by atoms with Gasteiger partial charge >= 0.3 is 0 Å². The summed E-state index contributed by atoms with van der Waals surface area (Å²) in [5, 5.41) is 3.49. The lowest BCUT2D eigenvalue weighted by molar-refractivity contribution is -0.116. The number of amides is 1. The number of nitrogens with one attached hydrogen (secondary N) is 1. The number of aromatic nitrogens is 1. The number of hydrogen-bond acceptors (Lipinski definition) is 3. The Morgan fingerprint density at radius 3 is 3.00 bits per heavy atom. The number of fused-ring (bicyclic) bond motifs is 1. The highest BCUT2D eigenvalue weighted by Crippen LogP contribution is 2.27. The number of aryl methyl sites for hydroxylation is 1. The summed E-state index contributed by atoms with van der Waals surface area (Å²) in [6, 6.07) is 9.17. The van der Waals surface area contributed by atoms with Gasteiger partial charge in [0.25, 0.3) is 0 Å². The van der Waals surface area contributed by atoms with Crippen LogP contribution in [-0.2, 0) is 17.8 Å². The number of rotatable bonds is 3. The number of pyridine rings is 1. The monoisotopic (exact) mass is 288 g/mol. The zero-order valence-corrected chi connectivity index (χ0v) is 11.5. The lowest BCUT2D eigenvalue weighted by atomic mass is 10.0. The number of nitrogens with zero attached hydrogens (tertiary/aromatic N) is 1. The van der Waals surface area contributed by atoms with Crippen LogP contribution in [0.2, 0.25) is 5.02 Å². The Balaban J connectivity index is 1.71. The molecule has 0 spiro atoms. The molecule has 0 aliphatic carbocycles. The molecule has 1 aromatic carbocycles. The van der Waals surface area contributed by atoms with Crippen molar-refractivity contribution in [2.75, 3.05) is 5.32 Å². The molecule has 0 radical (unpaired) electrons. The Hall–Kier alpha value is -2.07. The second-order valence-corrected chi connectivity index (χ2v) is 5.06. The number of anilines is 1. The second kappa shape index (κ2) is 5.51. The van der Waals surface area contributed by atoms with Crippen LogP contribution in [0.5, 0.6) is 5.75 Å². The van der Waals surface area contributed by atoms with Gasteiger partial charge in [-0.25, -0.2) is 0 Å². The van der Waals surface area contributed by atoms with Crippen molar-refractivity contribution in [3.8, 4) is 5.75 Å². The summed E-state index contributed by atoms with van der Waals surface area (Å²) < 4.78 is 5.71. The molecular weight excluding hydrogens is 276 g/mol. The summed E-state index contributed by atoms with van der Waals surface area (Å²) in [7, 11) is 0. The van der Waals surface area contributed by atoms with E-state index in [4.69, 9.17) is 16.3 Å². The Labute approximate surface area is 121 Å². The van der Waals surface area contributed by atoms with Crippen molar-refractivity contribution in [3.05, 3.63) is 52.8 Å². The van der Waals surface area contributed by atoms with Gasteiger partial charge in [0.2, 0.25) is 5.91 Å². The van der Waals surface area contributed by atoms with Crippen molar-refractivity contribution in [2.24, 2.45) is 0 Å². The van der Waals surface area contributed by atoms with Crippen LogP contribution in [-0.4, -0.2) is 10.9 Å². The molecule has 1 N–H and O–H groups in total. The zero-order chi connectivity index (χ0) is 13.9. The van der Waals surface area contributed by atoms with E-state index in [1.54, 1.807) is 18.3 Å². The summed E-state index contributed by atoms with van der Waals surface area (Å²) in [5.41, 5.74) is 2.75. The first-order valence-electron chi connectivity index (χ1n) is 6.37. The van der Waals surface area contributed by atoms with Gasteiger partial charge in [-0.1, -0.05) is 11.6 Å². The van der Waals surface area contributed by atoms with E-state index < -0.39 is 0 Å². The van der Waals surface area contributed by atoms with Crippen LogP contribution in [0.15, 0.2) is 36.5 Å². The van der Waals surface area contributed by atoms with Crippen LogP contribution >= 0.6 is 11.6 Å². The summed E-state index contributed by atoms with van der Waals surface area (Å²) in [5.74, 6) is 0.830. The van der Waals surface area contributed by atoms with Crippen LogP contribution in [0.3, 0.4) is 0 Å². The molecule has 0 atom stereocenters. The Morgan fingerprint density at radius 2 is 2.15 bits per heavy atom. The molecule has 102 valence electrons. The largest absolute Gasteiger partial charge is 0.487 e. The summed E-state index contributed by atoms with van der Waals surface area (Å²) in [6.45, 7) is 0.367. The minimum atomic E-state index is 0.0642. The van der Waals surface area contributed by atoms with Crippen molar-refractivity contribution < 1.29 is 9.53 Å². The van der Waals surface area contributed by atoms with Gasteiger partial charge in [-0.05, 0) is 42.3 Å². The highest BCUT2D eigenvalue weighted by Gasteiger charge is 2.15. The third kappa shape index (κ3) is 2.91. The number of ether oxygens (including phenoxy) is 1. The topological polar surface area (TPSA) is 51.2 Å². The molecule has 2 heterocycles. The van der Waals surface area contributed by atoms with Crippen molar-refractivity contribution in [1.29, 1.82) is 0 Å². The second-order valence-electron chi connectivity index (χ2n) is 4.62. The zero-order valence-electron chi connectivity index (χ0n) is 10.7. The average molecular weight is 289 g/mol. The van der Waals surface area contributed by atoms with Gasteiger partial charge in [0, 0.05) is 23.3 Å². The molecule has 0 bridgehead atoms. The quantitative estimate of drug-likeness (QED) is 0.943. The first kappa shape index (κ1) is 12.9. The van der Waals surface area contributed by atoms with E-state index in [1.165, 1.54) is 0 Å². The lowest BCUT2D eigenvalue weighted by Gasteiger charge is -2.17. The number of benzene rings is 1. The van der Waals surface area contributed by atoms with Gasteiger partial charge in [0.1, 0.15) is 12.4 Å². The smallest absolute Gasteiger partial charge is 0.224 e. The number of carbonyl (C=O) groups is 1. The summed E-state index contributed by atoms with van der Waals surface area (Å²) in [4.78, 5) is 15.5. The highest BCUT2D eigenvalue weighted by molar-refractivity contribution is 6.30. The normalized spacial score (nSPS) is 13.6. The first-order valence-corrected chi connectivity index (χ1v) is 6.74. The van der Waals surface area contributed by atoms with E-state index in [1.807, 2.05) is 18.2 Å². The van der Waals surface area contributed by atoms with Crippen LogP contribution < -0.4 is 10.1 Å². The van der Waals surface area contributed by atoms with Gasteiger partial charge in [-0.15, -0.1) is 0 Å². The predicted octanol–water partition coefficient (Wildman–Crippen LogP) is 3.20. The molecule has 1 aliphatic heterocycles.